The Labute approximate surface area is 107 Å². The van der Waals surface area contributed by atoms with Crippen molar-refractivity contribution >= 4 is 6.21 Å². The quantitative estimate of drug-likeness (QED) is 0.247. The second kappa shape index (κ2) is 6.84. The molecule has 1 rings (SSSR count). The molecule has 18 heavy (non-hydrogen) atoms. The summed E-state index contributed by atoms with van der Waals surface area (Å²) < 4.78 is 21.9. The van der Waals surface area contributed by atoms with Gasteiger partial charge < -0.3 is 24.2 Å². The molecule has 0 bridgehead atoms. The van der Waals surface area contributed by atoms with Crippen molar-refractivity contribution in [1.82, 2.24) is 0 Å². The normalized spacial score (nSPS) is 28.6. The Kier molecular flexibility index (Phi) is 5.74. The Bertz CT molecular complexity index is 292. The van der Waals surface area contributed by atoms with Crippen molar-refractivity contribution in [3.05, 3.63) is 12.7 Å². The summed E-state index contributed by atoms with van der Waals surface area (Å²) >= 11 is 0. The molecule has 0 aromatic rings. The predicted octanol–water partition coefficient (Wildman–Crippen LogP) is 1.53. The molecule has 1 heterocycles. The molecule has 6 heteroatoms. The molecule has 6 nitrogen and oxygen atoms in total. The largest absolute Gasteiger partial charge is 0.411 e. The molecule has 1 aliphatic rings. The van der Waals surface area contributed by atoms with Crippen LogP contribution in [0.5, 0.6) is 0 Å². The Hall–Kier alpha value is -0.950. The van der Waals surface area contributed by atoms with Gasteiger partial charge in [0.05, 0.1) is 6.10 Å². The fraction of sp³-hybridized carbons (Fsp3) is 0.750. The number of methoxy groups -OCH3 is 1. The zero-order valence-electron chi connectivity index (χ0n) is 11.0. The summed E-state index contributed by atoms with van der Waals surface area (Å²) in [5.41, 5.74) is 0. The van der Waals surface area contributed by atoms with Gasteiger partial charge in [-0.05, 0) is 13.8 Å². The Morgan fingerprint density at radius 2 is 2.22 bits per heavy atom. The maximum absolute atomic E-state index is 8.50. The van der Waals surface area contributed by atoms with Gasteiger partial charge >= 0.3 is 0 Å². The number of hydrogen-bond acceptors (Lipinski definition) is 6. The maximum atomic E-state index is 8.50. The summed E-state index contributed by atoms with van der Waals surface area (Å²) in [5.74, 6) is -0.686. The van der Waals surface area contributed by atoms with Crippen LogP contribution in [0.15, 0.2) is 17.8 Å². The van der Waals surface area contributed by atoms with Gasteiger partial charge in [-0.25, -0.2) is 0 Å². The van der Waals surface area contributed by atoms with Gasteiger partial charge in [0.2, 0.25) is 0 Å². The minimum absolute atomic E-state index is 0.133. The molecular weight excluding hydrogens is 238 g/mol. The minimum atomic E-state index is -0.686. The van der Waals surface area contributed by atoms with Crippen molar-refractivity contribution < 1.29 is 24.2 Å². The zero-order chi connectivity index (χ0) is 13.6. The summed E-state index contributed by atoms with van der Waals surface area (Å²) in [5, 5.41) is 11.5. The van der Waals surface area contributed by atoms with Crippen molar-refractivity contribution in [3.8, 4) is 0 Å². The van der Waals surface area contributed by atoms with Gasteiger partial charge in [0.25, 0.3) is 0 Å². The zero-order valence-corrected chi connectivity index (χ0v) is 11.0. The van der Waals surface area contributed by atoms with E-state index >= 15 is 0 Å². The van der Waals surface area contributed by atoms with E-state index in [-0.39, 0.29) is 25.1 Å². The van der Waals surface area contributed by atoms with E-state index in [4.69, 9.17) is 24.2 Å². The van der Waals surface area contributed by atoms with Crippen LogP contribution in [0, 0.1) is 0 Å². The Balaban J connectivity index is 2.72. The van der Waals surface area contributed by atoms with Crippen LogP contribution in [0.1, 0.15) is 20.3 Å². The van der Waals surface area contributed by atoms with Gasteiger partial charge in [0.15, 0.2) is 5.79 Å². The molecule has 1 aliphatic heterocycles. The highest BCUT2D eigenvalue weighted by molar-refractivity contribution is 5.57. The van der Waals surface area contributed by atoms with Crippen LogP contribution in [0.4, 0.5) is 0 Å². The lowest BCUT2D eigenvalue weighted by Gasteiger charge is -2.24. The highest BCUT2D eigenvalue weighted by atomic mass is 16.8. The summed E-state index contributed by atoms with van der Waals surface area (Å²) in [7, 11) is 1.54. The molecule has 0 aromatic carbocycles. The molecule has 104 valence electrons. The monoisotopic (exact) mass is 259 g/mol. The first-order valence-corrected chi connectivity index (χ1v) is 5.78. The molecule has 3 atom stereocenters. The smallest absolute Gasteiger partial charge is 0.164 e. The van der Waals surface area contributed by atoms with Crippen LogP contribution in [-0.2, 0) is 18.9 Å². The number of hydrogen-bond donors (Lipinski definition) is 1. The third kappa shape index (κ3) is 4.06. The Morgan fingerprint density at radius 3 is 2.78 bits per heavy atom. The molecule has 0 amide bonds. The van der Waals surface area contributed by atoms with Crippen LogP contribution < -0.4 is 0 Å². The standard InChI is InChI=1S/C12H21NO5/c1-5-9-11(18-12(2,3)17-9)10(6-7-13-14)16-8-15-4/h5,7,9-11,14H,1,6,8H2,2-4H3/b13-7+/t9-,10-,11+/m1/s1. The van der Waals surface area contributed by atoms with Crippen molar-refractivity contribution in [2.45, 2.75) is 44.4 Å². The van der Waals surface area contributed by atoms with Crippen molar-refractivity contribution in [2.24, 2.45) is 5.16 Å². The first-order chi connectivity index (χ1) is 8.54. The van der Waals surface area contributed by atoms with E-state index in [2.05, 4.69) is 11.7 Å². The fourth-order valence-corrected chi connectivity index (χ4v) is 1.89. The summed E-state index contributed by atoms with van der Waals surface area (Å²) in [6.45, 7) is 7.52. The molecule has 0 aromatic heterocycles. The van der Waals surface area contributed by atoms with Crippen molar-refractivity contribution in [1.29, 1.82) is 0 Å². The molecule has 0 radical (unpaired) electrons. The van der Waals surface area contributed by atoms with Crippen molar-refractivity contribution in [3.63, 3.8) is 0 Å². The van der Waals surface area contributed by atoms with Crippen LogP contribution in [0.25, 0.3) is 0 Å². The second-order valence-electron chi connectivity index (χ2n) is 4.45. The number of oxime groups is 1. The molecule has 0 unspecified atom stereocenters. The van der Waals surface area contributed by atoms with Gasteiger partial charge in [-0.3, -0.25) is 0 Å². The van der Waals surface area contributed by atoms with Crippen LogP contribution in [0.3, 0.4) is 0 Å². The lowest BCUT2D eigenvalue weighted by atomic mass is 10.1. The van der Waals surface area contributed by atoms with E-state index < -0.39 is 5.79 Å². The highest BCUT2D eigenvalue weighted by Gasteiger charge is 2.44. The van der Waals surface area contributed by atoms with E-state index in [0.29, 0.717) is 6.42 Å². The van der Waals surface area contributed by atoms with Gasteiger partial charge in [-0.15, -0.1) is 11.7 Å². The first-order valence-electron chi connectivity index (χ1n) is 5.78. The lowest BCUT2D eigenvalue weighted by Crippen LogP contribution is -2.37. The van der Waals surface area contributed by atoms with Crippen LogP contribution in [0.2, 0.25) is 0 Å². The van der Waals surface area contributed by atoms with Gasteiger partial charge in [-0.2, -0.15) is 0 Å². The van der Waals surface area contributed by atoms with E-state index in [0.717, 1.165) is 0 Å². The number of nitrogens with zero attached hydrogens (tertiary/aromatic N) is 1. The molecule has 1 saturated heterocycles. The summed E-state index contributed by atoms with van der Waals surface area (Å²) in [4.78, 5) is 0. The third-order valence-electron chi connectivity index (χ3n) is 2.58. The van der Waals surface area contributed by atoms with Crippen molar-refractivity contribution in [2.75, 3.05) is 13.9 Å². The number of ether oxygens (including phenoxy) is 4. The Morgan fingerprint density at radius 1 is 1.50 bits per heavy atom. The number of rotatable bonds is 7. The molecule has 0 saturated carbocycles. The SMILES string of the molecule is C=C[C@H]1OC(C)(C)O[C@@H]1[C@@H](C/C=N/O)OCOC. The van der Waals surface area contributed by atoms with Crippen LogP contribution >= 0.6 is 0 Å². The van der Waals surface area contributed by atoms with E-state index in [1.54, 1.807) is 6.08 Å². The average molecular weight is 259 g/mol. The molecule has 1 fully saturated rings. The van der Waals surface area contributed by atoms with Gasteiger partial charge in [0, 0.05) is 19.7 Å². The van der Waals surface area contributed by atoms with Gasteiger partial charge in [0.1, 0.15) is 19.0 Å². The maximum Gasteiger partial charge on any atom is 0.164 e. The van der Waals surface area contributed by atoms with Crippen LogP contribution in [-0.4, -0.2) is 49.4 Å². The van der Waals surface area contributed by atoms with Gasteiger partial charge in [-0.1, -0.05) is 6.08 Å². The summed E-state index contributed by atoms with van der Waals surface area (Å²) in [6, 6.07) is 0. The van der Waals surface area contributed by atoms with E-state index in [9.17, 15) is 0 Å². The van der Waals surface area contributed by atoms with E-state index in [1.165, 1.54) is 13.3 Å². The highest BCUT2D eigenvalue weighted by Crippen LogP contribution is 2.32. The molecule has 1 N–H and O–H groups in total. The molecule has 0 aliphatic carbocycles. The fourth-order valence-electron chi connectivity index (χ4n) is 1.89. The van der Waals surface area contributed by atoms with E-state index in [1.807, 2.05) is 13.8 Å². The topological polar surface area (TPSA) is 69.5 Å². The molecular formula is C12H21NO5. The molecule has 0 spiro atoms. The average Bonchev–Trinajstić information content (AvgIpc) is 2.65. The lowest BCUT2D eigenvalue weighted by molar-refractivity contribution is -0.168. The predicted molar refractivity (Wildman–Crippen MR) is 65.7 cm³/mol. The summed E-state index contributed by atoms with van der Waals surface area (Å²) in [6.07, 6.45) is 2.52. The second-order valence-corrected chi connectivity index (χ2v) is 4.45. The third-order valence-corrected chi connectivity index (χ3v) is 2.58. The minimum Gasteiger partial charge on any atom is -0.411 e. The first kappa shape index (κ1) is 15.1.